The van der Waals surface area contributed by atoms with E-state index in [0.717, 1.165) is 11.4 Å². The topological polar surface area (TPSA) is 33.6 Å². The molecular weight excluding hydrogens is 230 g/mol. The summed E-state index contributed by atoms with van der Waals surface area (Å²) in [5.41, 5.74) is 2.50. The lowest BCUT2D eigenvalue weighted by Crippen LogP contribution is -2.13. The molecule has 0 fully saturated rings. The number of rotatable bonds is 1. The van der Waals surface area contributed by atoms with Gasteiger partial charge in [0, 0.05) is 12.6 Å². The van der Waals surface area contributed by atoms with E-state index in [2.05, 4.69) is 49.2 Å². The van der Waals surface area contributed by atoms with Gasteiger partial charge >= 0.3 is 0 Å². The SMILES string of the molecule is Cn1c(-c2ccccc2C(C)(C)C)n[nH]c1=S. The summed E-state index contributed by atoms with van der Waals surface area (Å²) in [5.74, 6) is 0.889. The van der Waals surface area contributed by atoms with Crippen LogP contribution in [0.5, 0.6) is 0 Å². The first kappa shape index (κ1) is 12.0. The maximum absolute atomic E-state index is 5.16. The molecule has 3 nitrogen and oxygen atoms in total. The number of nitrogens with one attached hydrogen (secondary N) is 1. The Morgan fingerprint density at radius 3 is 2.41 bits per heavy atom. The summed E-state index contributed by atoms with van der Waals surface area (Å²) in [5, 5.41) is 7.14. The van der Waals surface area contributed by atoms with Crippen molar-refractivity contribution in [1.82, 2.24) is 14.8 Å². The average molecular weight is 247 g/mol. The van der Waals surface area contributed by atoms with Gasteiger partial charge in [0.25, 0.3) is 0 Å². The highest BCUT2D eigenvalue weighted by Gasteiger charge is 2.20. The first-order chi connectivity index (χ1) is 7.91. The van der Waals surface area contributed by atoms with Crippen LogP contribution in [-0.4, -0.2) is 14.8 Å². The van der Waals surface area contributed by atoms with Crippen LogP contribution in [-0.2, 0) is 12.5 Å². The second kappa shape index (κ2) is 4.11. The number of benzene rings is 1. The third kappa shape index (κ3) is 2.17. The molecule has 0 saturated heterocycles. The summed E-state index contributed by atoms with van der Waals surface area (Å²) < 4.78 is 2.55. The molecule has 0 saturated carbocycles. The van der Waals surface area contributed by atoms with E-state index in [1.165, 1.54) is 5.56 Å². The molecule has 1 N–H and O–H groups in total. The van der Waals surface area contributed by atoms with Crippen LogP contribution in [0.2, 0.25) is 0 Å². The van der Waals surface area contributed by atoms with Crippen LogP contribution < -0.4 is 0 Å². The number of aromatic amines is 1. The highest BCUT2D eigenvalue weighted by atomic mass is 32.1. The van der Waals surface area contributed by atoms with Crippen molar-refractivity contribution < 1.29 is 0 Å². The van der Waals surface area contributed by atoms with Crippen LogP contribution in [0, 0.1) is 4.77 Å². The minimum Gasteiger partial charge on any atom is -0.303 e. The Morgan fingerprint density at radius 1 is 1.24 bits per heavy atom. The van der Waals surface area contributed by atoms with Gasteiger partial charge in [0.05, 0.1) is 0 Å². The molecule has 2 aromatic rings. The first-order valence-corrected chi connectivity index (χ1v) is 6.03. The van der Waals surface area contributed by atoms with Gasteiger partial charge in [0.15, 0.2) is 10.6 Å². The Morgan fingerprint density at radius 2 is 1.88 bits per heavy atom. The van der Waals surface area contributed by atoms with Gasteiger partial charge in [-0.1, -0.05) is 45.0 Å². The standard InChI is InChI=1S/C13H17N3S/c1-13(2,3)10-8-6-5-7-9(10)11-14-15-12(17)16(11)4/h5-8H,1-4H3,(H,15,17). The molecule has 2 rings (SSSR count). The predicted molar refractivity (Wildman–Crippen MR) is 72.5 cm³/mol. The van der Waals surface area contributed by atoms with Crippen molar-refractivity contribution in [3.63, 3.8) is 0 Å². The molecule has 0 atom stereocenters. The number of H-pyrrole nitrogens is 1. The summed E-state index contributed by atoms with van der Waals surface area (Å²) >= 11 is 5.16. The van der Waals surface area contributed by atoms with Crippen LogP contribution in [0.1, 0.15) is 26.3 Å². The first-order valence-electron chi connectivity index (χ1n) is 5.62. The minimum atomic E-state index is 0.0875. The van der Waals surface area contributed by atoms with Crippen molar-refractivity contribution in [1.29, 1.82) is 0 Å². The van der Waals surface area contributed by atoms with E-state index in [9.17, 15) is 0 Å². The molecule has 0 unspecified atom stereocenters. The molecule has 0 aliphatic carbocycles. The second-order valence-electron chi connectivity index (χ2n) is 5.21. The lowest BCUT2D eigenvalue weighted by atomic mass is 9.83. The van der Waals surface area contributed by atoms with E-state index in [1.54, 1.807) is 0 Å². The fraction of sp³-hybridized carbons (Fsp3) is 0.385. The molecule has 1 heterocycles. The van der Waals surface area contributed by atoms with E-state index in [-0.39, 0.29) is 5.41 Å². The smallest absolute Gasteiger partial charge is 0.195 e. The monoisotopic (exact) mass is 247 g/mol. The van der Waals surface area contributed by atoms with E-state index < -0.39 is 0 Å². The quantitative estimate of drug-likeness (QED) is 0.783. The van der Waals surface area contributed by atoms with Gasteiger partial charge in [-0.05, 0) is 23.2 Å². The third-order valence-electron chi connectivity index (χ3n) is 2.86. The molecule has 1 aromatic heterocycles. The molecule has 90 valence electrons. The Labute approximate surface area is 106 Å². The van der Waals surface area contributed by atoms with Crippen LogP contribution in [0.3, 0.4) is 0 Å². The molecule has 4 heteroatoms. The van der Waals surface area contributed by atoms with Gasteiger partial charge in [0.1, 0.15) is 0 Å². The van der Waals surface area contributed by atoms with E-state index in [4.69, 9.17) is 12.2 Å². The molecule has 0 aliphatic rings. The van der Waals surface area contributed by atoms with Crippen molar-refractivity contribution in [2.75, 3.05) is 0 Å². The minimum absolute atomic E-state index is 0.0875. The molecule has 0 amide bonds. The van der Waals surface area contributed by atoms with Gasteiger partial charge in [0.2, 0.25) is 0 Å². The zero-order valence-corrected chi connectivity index (χ0v) is 11.4. The fourth-order valence-corrected chi connectivity index (χ4v) is 2.05. The highest BCUT2D eigenvalue weighted by molar-refractivity contribution is 7.71. The van der Waals surface area contributed by atoms with Gasteiger partial charge in [-0.3, -0.25) is 5.10 Å². The summed E-state index contributed by atoms with van der Waals surface area (Å²) in [4.78, 5) is 0. The van der Waals surface area contributed by atoms with Crippen molar-refractivity contribution in [3.05, 3.63) is 34.6 Å². The van der Waals surface area contributed by atoms with Crippen molar-refractivity contribution in [2.24, 2.45) is 7.05 Å². The van der Waals surface area contributed by atoms with E-state index in [1.807, 2.05) is 17.7 Å². The predicted octanol–water partition coefficient (Wildman–Crippen LogP) is 3.44. The maximum atomic E-state index is 5.16. The van der Waals surface area contributed by atoms with E-state index >= 15 is 0 Å². The number of hydrogen-bond donors (Lipinski definition) is 1. The van der Waals surface area contributed by atoms with Crippen LogP contribution in [0.15, 0.2) is 24.3 Å². The van der Waals surface area contributed by atoms with Gasteiger partial charge in [-0.2, -0.15) is 5.10 Å². The highest BCUT2D eigenvalue weighted by Crippen LogP contribution is 2.31. The largest absolute Gasteiger partial charge is 0.303 e. The molecule has 0 aliphatic heterocycles. The Hall–Kier alpha value is -1.42. The van der Waals surface area contributed by atoms with Gasteiger partial charge < -0.3 is 4.57 Å². The summed E-state index contributed by atoms with van der Waals surface area (Å²) in [6.07, 6.45) is 0. The zero-order chi connectivity index (χ0) is 12.6. The summed E-state index contributed by atoms with van der Waals surface area (Å²) in [6, 6.07) is 8.33. The Kier molecular flexibility index (Phi) is 2.91. The lowest BCUT2D eigenvalue weighted by Gasteiger charge is -2.22. The molecular formula is C13H17N3S. The molecule has 1 aromatic carbocycles. The lowest BCUT2D eigenvalue weighted by molar-refractivity contribution is 0.591. The van der Waals surface area contributed by atoms with Gasteiger partial charge in [-0.25, -0.2) is 0 Å². The third-order valence-corrected chi connectivity index (χ3v) is 3.22. The van der Waals surface area contributed by atoms with Crippen molar-refractivity contribution in [2.45, 2.75) is 26.2 Å². The normalized spacial score (nSPS) is 11.8. The molecule has 0 bridgehead atoms. The summed E-state index contributed by atoms with van der Waals surface area (Å²) in [7, 11) is 1.93. The van der Waals surface area contributed by atoms with Crippen LogP contribution >= 0.6 is 12.2 Å². The Balaban J connectivity index is 2.68. The van der Waals surface area contributed by atoms with Gasteiger partial charge in [-0.15, -0.1) is 0 Å². The maximum Gasteiger partial charge on any atom is 0.195 e. The van der Waals surface area contributed by atoms with Crippen LogP contribution in [0.4, 0.5) is 0 Å². The number of aromatic nitrogens is 3. The molecule has 0 spiro atoms. The van der Waals surface area contributed by atoms with Crippen molar-refractivity contribution >= 4 is 12.2 Å². The van der Waals surface area contributed by atoms with Crippen LogP contribution in [0.25, 0.3) is 11.4 Å². The molecule has 0 radical (unpaired) electrons. The van der Waals surface area contributed by atoms with E-state index in [0.29, 0.717) is 4.77 Å². The molecule has 17 heavy (non-hydrogen) atoms. The number of nitrogens with zero attached hydrogens (tertiary/aromatic N) is 2. The Bertz CT molecular complexity index is 587. The second-order valence-corrected chi connectivity index (χ2v) is 5.59. The average Bonchev–Trinajstić information content (AvgIpc) is 2.59. The number of hydrogen-bond acceptors (Lipinski definition) is 2. The fourth-order valence-electron chi connectivity index (χ4n) is 1.92. The summed E-state index contributed by atoms with van der Waals surface area (Å²) in [6.45, 7) is 6.60. The van der Waals surface area contributed by atoms with Crippen molar-refractivity contribution in [3.8, 4) is 11.4 Å². The zero-order valence-electron chi connectivity index (χ0n) is 10.6.